The van der Waals surface area contributed by atoms with Gasteiger partial charge in [-0.25, -0.2) is 0 Å². The van der Waals surface area contributed by atoms with Crippen LogP contribution in [-0.4, -0.2) is 35.7 Å². The maximum Gasteiger partial charge on any atom is 0.0707 e. The zero-order valence-electron chi connectivity index (χ0n) is 11.0. The highest BCUT2D eigenvalue weighted by Gasteiger charge is 2.30. The first-order valence-electron chi connectivity index (χ1n) is 7.03. The molecule has 0 saturated carbocycles. The van der Waals surface area contributed by atoms with E-state index in [9.17, 15) is 5.11 Å². The van der Waals surface area contributed by atoms with Crippen LogP contribution in [0.4, 0.5) is 5.69 Å². The molecule has 1 saturated heterocycles. The van der Waals surface area contributed by atoms with Crippen LogP contribution >= 0.6 is 0 Å². The summed E-state index contributed by atoms with van der Waals surface area (Å²) >= 11 is 0. The van der Waals surface area contributed by atoms with E-state index >= 15 is 0 Å². The first-order chi connectivity index (χ1) is 8.78. The number of aliphatic hydroxyl groups excluding tert-OH is 1. The largest absolute Gasteiger partial charge is 0.391 e. The van der Waals surface area contributed by atoms with Gasteiger partial charge in [-0.1, -0.05) is 25.1 Å². The van der Waals surface area contributed by atoms with E-state index in [0.29, 0.717) is 5.92 Å². The molecule has 1 aromatic carbocycles. The van der Waals surface area contributed by atoms with Gasteiger partial charge in [0.05, 0.1) is 6.10 Å². The smallest absolute Gasteiger partial charge is 0.0707 e. The molecule has 0 bridgehead atoms. The van der Waals surface area contributed by atoms with Gasteiger partial charge < -0.3 is 10.4 Å². The number of aliphatic hydroxyl groups is 1. The minimum absolute atomic E-state index is 0.139. The van der Waals surface area contributed by atoms with Crippen LogP contribution < -0.4 is 5.32 Å². The van der Waals surface area contributed by atoms with Crippen LogP contribution in [-0.2, 0) is 13.0 Å². The number of hydrogen-bond acceptors (Lipinski definition) is 3. The quantitative estimate of drug-likeness (QED) is 0.854. The Bertz CT molecular complexity index is 433. The highest BCUT2D eigenvalue weighted by molar-refractivity contribution is 5.61. The summed E-state index contributed by atoms with van der Waals surface area (Å²) in [6.07, 6.45) is 2.08. The van der Waals surface area contributed by atoms with Crippen molar-refractivity contribution in [1.82, 2.24) is 4.90 Å². The highest BCUT2D eigenvalue weighted by Crippen LogP contribution is 2.29. The number of anilines is 1. The molecule has 0 aromatic heterocycles. The van der Waals surface area contributed by atoms with E-state index in [4.69, 9.17) is 0 Å². The number of fused-ring (bicyclic) bond motifs is 1. The van der Waals surface area contributed by atoms with E-state index in [0.717, 1.165) is 39.0 Å². The molecule has 1 aromatic rings. The predicted octanol–water partition coefficient (Wildman–Crippen LogP) is 1.86. The van der Waals surface area contributed by atoms with Crippen molar-refractivity contribution in [2.24, 2.45) is 5.92 Å². The molecule has 0 spiro atoms. The van der Waals surface area contributed by atoms with Gasteiger partial charge in [-0.05, 0) is 29.9 Å². The molecule has 18 heavy (non-hydrogen) atoms. The summed E-state index contributed by atoms with van der Waals surface area (Å²) < 4.78 is 0. The molecule has 2 unspecified atom stereocenters. The SMILES string of the molecule is CCC1CN(Cc2cccc3c2NCC3)CC1O. The average Bonchev–Trinajstić information content (AvgIpc) is 2.96. The molecule has 98 valence electrons. The fourth-order valence-electron chi connectivity index (χ4n) is 3.26. The normalized spacial score (nSPS) is 27.2. The molecule has 2 aliphatic rings. The molecule has 2 aliphatic heterocycles. The van der Waals surface area contributed by atoms with E-state index in [1.807, 2.05) is 0 Å². The molecular formula is C15H22N2O. The van der Waals surface area contributed by atoms with Gasteiger partial charge in [0.2, 0.25) is 0 Å². The van der Waals surface area contributed by atoms with E-state index in [-0.39, 0.29) is 6.10 Å². The van der Waals surface area contributed by atoms with Crippen molar-refractivity contribution in [1.29, 1.82) is 0 Å². The zero-order chi connectivity index (χ0) is 12.5. The van der Waals surface area contributed by atoms with Gasteiger partial charge in [-0.2, -0.15) is 0 Å². The van der Waals surface area contributed by atoms with Crippen LogP contribution in [0, 0.1) is 5.92 Å². The van der Waals surface area contributed by atoms with Crippen molar-refractivity contribution in [2.45, 2.75) is 32.4 Å². The Morgan fingerprint density at radius 2 is 2.28 bits per heavy atom. The fraction of sp³-hybridized carbons (Fsp3) is 0.600. The van der Waals surface area contributed by atoms with Crippen LogP contribution in [0.15, 0.2) is 18.2 Å². The lowest BCUT2D eigenvalue weighted by Gasteiger charge is -2.17. The minimum Gasteiger partial charge on any atom is -0.391 e. The van der Waals surface area contributed by atoms with Gasteiger partial charge in [0.25, 0.3) is 0 Å². The minimum atomic E-state index is -0.139. The number of nitrogens with one attached hydrogen (secondary N) is 1. The van der Waals surface area contributed by atoms with Gasteiger partial charge in [-0.15, -0.1) is 0 Å². The Labute approximate surface area is 109 Å². The number of nitrogens with zero attached hydrogens (tertiary/aromatic N) is 1. The van der Waals surface area contributed by atoms with Crippen molar-refractivity contribution < 1.29 is 5.11 Å². The number of rotatable bonds is 3. The Morgan fingerprint density at radius 3 is 3.06 bits per heavy atom. The maximum absolute atomic E-state index is 9.97. The lowest BCUT2D eigenvalue weighted by Crippen LogP contribution is -2.21. The Morgan fingerprint density at radius 1 is 1.39 bits per heavy atom. The van der Waals surface area contributed by atoms with E-state index in [2.05, 4.69) is 35.3 Å². The second kappa shape index (κ2) is 4.90. The van der Waals surface area contributed by atoms with Gasteiger partial charge in [0.1, 0.15) is 0 Å². The lowest BCUT2D eigenvalue weighted by atomic mass is 10.0. The molecule has 2 atom stereocenters. The second-order valence-corrected chi connectivity index (χ2v) is 5.56. The van der Waals surface area contributed by atoms with Crippen LogP contribution in [0.1, 0.15) is 24.5 Å². The number of para-hydroxylation sites is 1. The third-order valence-corrected chi connectivity index (χ3v) is 4.33. The summed E-state index contributed by atoms with van der Waals surface area (Å²) in [5, 5.41) is 13.5. The monoisotopic (exact) mass is 246 g/mol. The number of likely N-dealkylation sites (tertiary alicyclic amines) is 1. The Hall–Kier alpha value is -1.06. The Kier molecular flexibility index (Phi) is 3.27. The van der Waals surface area contributed by atoms with Crippen molar-refractivity contribution in [2.75, 3.05) is 25.0 Å². The van der Waals surface area contributed by atoms with Gasteiger partial charge >= 0.3 is 0 Å². The molecular weight excluding hydrogens is 224 g/mol. The van der Waals surface area contributed by atoms with Crippen LogP contribution in [0.2, 0.25) is 0 Å². The van der Waals surface area contributed by atoms with E-state index in [1.54, 1.807) is 0 Å². The van der Waals surface area contributed by atoms with Crippen LogP contribution in [0.25, 0.3) is 0 Å². The third kappa shape index (κ3) is 2.13. The summed E-state index contributed by atoms with van der Waals surface area (Å²) in [5.74, 6) is 0.453. The van der Waals surface area contributed by atoms with Gasteiger partial charge in [0, 0.05) is 31.9 Å². The van der Waals surface area contributed by atoms with Crippen LogP contribution in [0.3, 0.4) is 0 Å². The van der Waals surface area contributed by atoms with E-state index < -0.39 is 0 Å². The summed E-state index contributed by atoms with van der Waals surface area (Å²) in [5.41, 5.74) is 4.17. The van der Waals surface area contributed by atoms with Crippen molar-refractivity contribution in [3.63, 3.8) is 0 Å². The molecule has 3 nitrogen and oxygen atoms in total. The fourth-order valence-corrected chi connectivity index (χ4v) is 3.26. The molecule has 0 amide bonds. The maximum atomic E-state index is 9.97. The van der Waals surface area contributed by atoms with Gasteiger partial charge in [0.15, 0.2) is 0 Å². The summed E-state index contributed by atoms with van der Waals surface area (Å²) in [7, 11) is 0. The molecule has 2 heterocycles. The topological polar surface area (TPSA) is 35.5 Å². The number of hydrogen-bond donors (Lipinski definition) is 2. The van der Waals surface area contributed by atoms with E-state index in [1.165, 1.54) is 16.8 Å². The summed E-state index contributed by atoms with van der Waals surface area (Å²) in [6.45, 7) is 6.04. The molecule has 0 radical (unpaired) electrons. The first-order valence-corrected chi connectivity index (χ1v) is 7.03. The van der Waals surface area contributed by atoms with Crippen molar-refractivity contribution in [3.8, 4) is 0 Å². The molecule has 0 aliphatic carbocycles. The predicted molar refractivity (Wildman–Crippen MR) is 73.7 cm³/mol. The molecule has 3 heteroatoms. The Balaban J connectivity index is 1.73. The second-order valence-electron chi connectivity index (χ2n) is 5.56. The van der Waals surface area contributed by atoms with Crippen LogP contribution in [0.5, 0.6) is 0 Å². The standard InChI is InChI=1S/C15H22N2O/c1-2-11-8-17(10-14(11)18)9-13-5-3-4-12-6-7-16-15(12)13/h3-5,11,14,16,18H,2,6-10H2,1H3. The molecule has 1 fully saturated rings. The van der Waals surface area contributed by atoms with Gasteiger partial charge in [-0.3, -0.25) is 4.90 Å². The lowest BCUT2D eigenvalue weighted by molar-refractivity contribution is 0.139. The highest BCUT2D eigenvalue weighted by atomic mass is 16.3. The zero-order valence-corrected chi connectivity index (χ0v) is 11.0. The summed E-state index contributed by atoms with van der Waals surface area (Å²) in [4.78, 5) is 2.38. The number of β-amino-alcohol motifs (C(OH)–C–C–N with tert-alkyl or cyclic N) is 1. The summed E-state index contributed by atoms with van der Waals surface area (Å²) in [6, 6.07) is 6.58. The van der Waals surface area contributed by atoms with Crippen molar-refractivity contribution in [3.05, 3.63) is 29.3 Å². The van der Waals surface area contributed by atoms with Crippen molar-refractivity contribution >= 4 is 5.69 Å². The number of benzene rings is 1. The first kappa shape index (κ1) is 12.0. The average molecular weight is 246 g/mol. The molecule has 3 rings (SSSR count). The third-order valence-electron chi connectivity index (χ3n) is 4.33. The molecule has 2 N–H and O–H groups in total.